The molecule has 1 saturated heterocycles. The fourth-order valence-corrected chi connectivity index (χ4v) is 2.71. The minimum Gasteiger partial charge on any atom is -0.496 e. The Hall–Kier alpha value is -1.30. The molecule has 1 fully saturated rings. The molecular weight excluding hydrogens is 292 g/mol. The smallest absolute Gasteiger partial charge is 0.251 e. The molecule has 2 N–H and O–H groups in total. The van der Waals surface area contributed by atoms with Crippen molar-refractivity contribution in [3.05, 3.63) is 28.8 Å². The Morgan fingerprint density at radius 1 is 1.52 bits per heavy atom. The third-order valence-electron chi connectivity index (χ3n) is 3.67. The van der Waals surface area contributed by atoms with Gasteiger partial charge >= 0.3 is 0 Å². The first kappa shape index (κ1) is 16.1. The van der Waals surface area contributed by atoms with E-state index in [1.54, 1.807) is 31.2 Å². The Labute approximate surface area is 130 Å². The Balaban J connectivity index is 2.02. The summed E-state index contributed by atoms with van der Waals surface area (Å²) in [5.74, 6) is 0.680. The van der Waals surface area contributed by atoms with E-state index in [2.05, 4.69) is 0 Å². The van der Waals surface area contributed by atoms with Crippen molar-refractivity contribution in [3.63, 3.8) is 0 Å². The van der Waals surface area contributed by atoms with Gasteiger partial charge in [0.2, 0.25) is 0 Å². The molecule has 0 bridgehead atoms. The number of hydrogen-bond acceptors (Lipinski definition) is 4. The van der Waals surface area contributed by atoms with Crippen molar-refractivity contribution in [2.75, 3.05) is 20.7 Å². The molecule has 2 atom stereocenters. The number of likely N-dealkylation sites (N-methyl/N-ethyl adjacent to an activating group) is 1. The summed E-state index contributed by atoms with van der Waals surface area (Å²) in [7, 11) is 3.35. The molecule has 0 radical (unpaired) electrons. The summed E-state index contributed by atoms with van der Waals surface area (Å²) in [6.07, 6.45) is 1.15. The SMILES string of the molecule is COc1ccc(Cl)cc1CN(C)C(=O)[C@@H]1CC[C@H](CN)O1. The second kappa shape index (κ2) is 7.11. The van der Waals surface area contributed by atoms with Gasteiger partial charge in [-0.05, 0) is 31.0 Å². The molecule has 1 aromatic carbocycles. The molecule has 6 heteroatoms. The van der Waals surface area contributed by atoms with Crippen LogP contribution in [0.5, 0.6) is 5.75 Å². The van der Waals surface area contributed by atoms with Crippen LogP contribution in [-0.2, 0) is 16.1 Å². The van der Waals surface area contributed by atoms with Gasteiger partial charge < -0.3 is 20.1 Å². The average molecular weight is 313 g/mol. The summed E-state index contributed by atoms with van der Waals surface area (Å²) in [5, 5.41) is 0.618. The van der Waals surface area contributed by atoms with Crippen LogP contribution in [0.4, 0.5) is 0 Å². The van der Waals surface area contributed by atoms with Gasteiger partial charge in [0, 0.05) is 30.7 Å². The van der Waals surface area contributed by atoms with E-state index in [9.17, 15) is 4.79 Å². The van der Waals surface area contributed by atoms with Crippen molar-refractivity contribution in [1.29, 1.82) is 0 Å². The number of nitrogens with two attached hydrogens (primary N) is 1. The predicted molar refractivity (Wildman–Crippen MR) is 81.4 cm³/mol. The Morgan fingerprint density at radius 2 is 2.29 bits per heavy atom. The normalized spacial score (nSPS) is 21.3. The second-order valence-electron chi connectivity index (χ2n) is 5.21. The summed E-state index contributed by atoms with van der Waals surface area (Å²) in [6, 6.07) is 5.37. The van der Waals surface area contributed by atoms with Crippen molar-refractivity contribution < 1.29 is 14.3 Å². The van der Waals surface area contributed by atoms with E-state index in [1.165, 1.54) is 0 Å². The number of halogens is 1. The van der Waals surface area contributed by atoms with Gasteiger partial charge in [0.1, 0.15) is 11.9 Å². The molecule has 1 amide bonds. The maximum absolute atomic E-state index is 12.4. The van der Waals surface area contributed by atoms with Crippen LogP contribution >= 0.6 is 11.6 Å². The molecule has 0 unspecified atom stereocenters. The van der Waals surface area contributed by atoms with Crippen LogP contribution in [-0.4, -0.2) is 43.7 Å². The van der Waals surface area contributed by atoms with Crippen LogP contribution in [0.2, 0.25) is 5.02 Å². The number of methoxy groups -OCH3 is 1. The molecule has 1 aromatic rings. The van der Waals surface area contributed by atoms with Gasteiger partial charge in [-0.1, -0.05) is 11.6 Å². The molecule has 1 aliphatic rings. The third kappa shape index (κ3) is 3.87. The average Bonchev–Trinajstić information content (AvgIpc) is 2.95. The van der Waals surface area contributed by atoms with E-state index >= 15 is 0 Å². The number of ether oxygens (including phenoxy) is 2. The molecule has 21 heavy (non-hydrogen) atoms. The molecule has 5 nitrogen and oxygen atoms in total. The van der Waals surface area contributed by atoms with E-state index in [0.717, 1.165) is 18.4 Å². The van der Waals surface area contributed by atoms with Gasteiger partial charge in [0.15, 0.2) is 0 Å². The van der Waals surface area contributed by atoms with Crippen molar-refractivity contribution in [2.24, 2.45) is 5.73 Å². The molecule has 116 valence electrons. The molecule has 0 spiro atoms. The lowest BCUT2D eigenvalue weighted by molar-refractivity contribution is -0.141. The molecule has 2 rings (SSSR count). The number of benzene rings is 1. The largest absolute Gasteiger partial charge is 0.496 e. The van der Waals surface area contributed by atoms with Gasteiger partial charge in [0.25, 0.3) is 5.91 Å². The second-order valence-corrected chi connectivity index (χ2v) is 5.65. The van der Waals surface area contributed by atoms with E-state index in [1.807, 2.05) is 6.07 Å². The zero-order valence-corrected chi connectivity index (χ0v) is 13.1. The highest BCUT2D eigenvalue weighted by Crippen LogP contribution is 2.25. The zero-order valence-electron chi connectivity index (χ0n) is 12.3. The summed E-state index contributed by atoms with van der Waals surface area (Å²) in [6.45, 7) is 0.880. The number of carbonyl (C=O) groups excluding carboxylic acids is 1. The summed E-state index contributed by atoms with van der Waals surface area (Å²) >= 11 is 6.00. The van der Waals surface area contributed by atoms with Crippen molar-refractivity contribution in [3.8, 4) is 5.75 Å². The highest BCUT2D eigenvalue weighted by atomic mass is 35.5. The molecule has 0 aromatic heterocycles. The van der Waals surface area contributed by atoms with Gasteiger partial charge in [-0.2, -0.15) is 0 Å². The minimum atomic E-state index is -0.395. The predicted octanol–water partition coefficient (Wildman–Crippen LogP) is 1.81. The number of nitrogens with zero attached hydrogens (tertiary/aromatic N) is 1. The van der Waals surface area contributed by atoms with Gasteiger partial charge in [0.05, 0.1) is 13.2 Å². The monoisotopic (exact) mass is 312 g/mol. The van der Waals surface area contributed by atoms with Gasteiger partial charge in [-0.3, -0.25) is 4.79 Å². The number of rotatable bonds is 5. The van der Waals surface area contributed by atoms with Crippen LogP contribution in [0, 0.1) is 0 Å². The van der Waals surface area contributed by atoms with E-state index in [4.69, 9.17) is 26.8 Å². The highest BCUT2D eigenvalue weighted by Gasteiger charge is 2.31. The van der Waals surface area contributed by atoms with Crippen molar-refractivity contribution in [2.45, 2.75) is 31.6 Å². The van der Waals surface area contributed by atoms with E-state index in [-0.39, 0.29) is 12.0 Å². The lowest BCUT2D eigenvalue weighted by Gasteiger charge is -2.22. The van der Waals surface area contributed by atoms with Crippen LogP contribution in [0.1, 0.15) is 18.4 Å². The molecule has 0 aliphatic carbocycles. The van der Waals surface area contributed by atoms with E-state index in [0.29, 0.717) is 23.9 Å². The summed E-state index contributed by atoms with van der Waals surface area (Å²) in [5.41, 5.74) is 6.44. The van der Waals surface area contributed by atoms with Crippen LogP contribution in [0.15, 0.2) is 18.2 Å². The molecule has 1 heterocycles. The fourth-order valence-electron chi connectivity index (χ4n) is 2.51. The zero-order chi connectivity index (χ0) is 15.4. The minimum absolute atomic E-state index is 0.00643. The van der Waals surface area contributed by atoms with Crippen LogP contribution in [0.3, 0.4) is 0 Å². The van der Waals surface area contributed by atoms with Crippen LogP contribution in [0.25, 0.3) is 0 Å². The first-order chi connectivity index (χ1) is 10.0. The van der Waals surface area contributed by atoms with Gasteiger partial charge in [-0.25, -0.2) is 0 Å². The maximum Gasteiger partial charge on any atom is 0.251 e. The Kier molecular flexibility index (Phi) is 5.45. The Bertz CT molecular complexity index is 510. The van der Waals surface area contributed by atoms with Crippen LogP contribution < -0.4 is 10.5 Å². The fraction of sp³-hybridized carbons (Fsp3) is 0.533. The Morgan fingerprint density at radius 3 is 2.90 bits per heavy atom. The van der Waals surface area contributed by atoms with Gasteiger partial charge in [-0.15, -0.1) is 0 Å². The van der Waals surface area contributed by atoms with Crippen molar-refractivity contribution >= 4 is 17.5 Å². The lowest BCUT2D eigenvalue weighted by atomic mass is 10.1. The molecule has 0 saturated carbocycles. The topological polar surface area (TPSA) is 64.8 Å². The lowest BCUT2D eigenvalue weighted by Crippen LogP contribution is -2.36. The molecule has 1 aliphatic heterocycles. The van der Waals surface area contributed by atoms with E-state index < -0.39 is 6.10 Å². The first-order valence-electron chi connectivity index (χ1n) is 6.98. The molecular formula is C15H21ClN2O3. The quantitative estimate of drug-likeness (QED) is 0.900. The maximum atomic E-state index is 12.4. The third-order valence-corrected chi connectivity index (χ3v) is 3.91. The number of amides is 1. The standard InChI is InChI=1S/C15H21ClN2O3/c1-18(15(19)14-6-4-12(8-17)21-14)9-10-7-11(16)3-5-13(10)20-2/h3,5,7,12,14H,4,6,8-9,17H2,1-2H3/t12-,14+/m1/s1. The number of carbonyl (C=O) groups is 1. The van der Waals surface area contributed by atoms with Crippen molar-refractivity contribution in [1.82, 2.24) is 4.90 Å². The summed E-state index contributed by atoms with van der Waals surface area (Å²) in [4.78, 5) is 14.0. The summed E-state index contributed by atoms with van der Waals surface area (Å²) < 4.78 is 10.9. The number of hydrogen-bond donors (Lipinski definition) is 1. The highest BCUT2D eigenvalue weighted by molar-refractivity contribution is 6.30. The first-order valence-corrected chi connectivity index (χ1v) is 7.36.